The minimum absolute atomic E-state index is 0.219. The Morgan fingerprint density at radius 1 is 0.939 bits per heavy atom. The summed E-state index contributed by atoms with van der Waals surface area (Å²) >= 11 is 2.19. The summed E-state index contributed by atoms with van der Waals surface area (Å²) in [6.07, 6.45) is 1.66. The average Bonchev–Trinajstić information content (AvgIpc) is 3.07. The van der Waals surface area contributed by atoms with E-state index in [1.807, 2.05) is 79.7 Å². The molecule has 1 fully saturated rings. The zero-order valence-electron chi connectivity index (χ0n) is 18.1. The molecule has 0 aliphatic carbocycles. The van der Waals surface area contributed by atoms with Crippen LogP contribution in [0.5, 0.6) is 11.5 Å². The quantitative estimate of drug-likeness (QED) is 0.231. The Hall–Kier alpha value is -3.33. The second-order valence-corrected chi connectivity index (χ2v) is 8.56. The molecule has 0 bridgehead atoms. The number of urea groups is 1. The molecule has 0 radical (unpaired) electrons. The van der Waals surface area contributed by atoms with E-state index < -0.39 is 6.03 Å². The van der Waals surface area contributed by atoms with E-state index in [0.29, 0.717) is 24.7 Å². The lowest BCUT2D eigenvalue weighted by Crippen LogP contribution is -2.30. The molecular formula is C26H23IN2O4. The Labute approximate surface area is 206 Å². The van der Waals surface area contributed by atoms with Crippen LogP contribution in [-0.2, 0) is 17.9 Å². The topological polar surface area (TPSA) is 67.9 Å². The van der Waals surface area contributed by atoms with Crippen molar-refractivity contribution in [2.45, 2.75) is 20.1 Å². The highest BCUT2D eigenvalue weighted by Crippen LogP contribution is 2.35. The first kappa shape index (κ1) is 22.8. The van der Waals surface area contributed by atoms with Crippen LogP contribution in [-0.4, -0.2) is 23.4 Å². The lowest BCUT2D eigenvalue weighted by molar-refractivity contribution is -0.123. The first-order valence-electron chi connectivity index (χ1n) is 10.6. The van der Waals surface area contributed by atoms with E-state index in [0.717, 1.165) is 20.3 Å². The molecule has 0 unspecified atom stereocenters. The molecule has 0 saturated carbocycles. The van der Waals surface area contributed by atoms with Crippen molar-refractivity contribution in [1.82, 2.24) is 10.2 Å². The number of carbonyl (C=O) groups excluding carboxylic acids is 2. The Morgan fingerprint density at radius 2 is 1.61 bits per heavy atom. The van der Waals surface area contributed by atoms with Gasteiger partial charge in [0.05, 0.1) is 16.7 Å². The zero-order chi connectivity index (χ0) is 23.2. The maximum atomic E-state index is 12.9. The van der Waals surface area contributed by atoms with Crippen LogP contribution in [0, 0.1) is 3.57 Å². The Balaban J connectivity index is 1.56. The molecule has 3 aromatic carbocycles. The van der Waals surface area contributed by atoms with Crippen LogP contribution in [0.2, 0.25) is 0 Å². The van der Waals surface area contributed by atoms with Gasteiger partial charge in [-0.3, -0.25) is 9.69 Å². The van der Waals surface area contributed by atoms with Crippen LogP contribution >= 0.6 is 22.6 Å². The van der Waals surface area contributed by atoms with E-state index in [2.05, 4.69) is 27.9 Å². The van der Waals surface area contributed by atoms with Crippen molar-refractivity contribution in [2.75, 3.05) is 6.61 Å². The average molecular weight is 554 g/mol. The number of ether oxygens (including phenoxy) is 2. The van der Waals surface area contributed by atoms with Gasteiger partial charge in [0.1, 0.15) is 12.3 Å². The predicted molar refractivity (Wildman–Crippen MR) is 135 cm³/mol. The van der Waals surface area contributed by atoms with Gasteiger partial charge in [0.15, 0.2) is 11.5 Å². The molecule has 1 N–H and O–H groups in total. The molecule has 3 amide bonds. The highest BCUT2D eigenvalue weighted by Gasteiger charge is 2.33. The minimum Gasteiger partial charge on any atom is -0.490 e. The number of imide groups is 1. The monoisotopic (exact) mass is 554 g/mol. The fourth-order valence-electron chi connectivity index (χ4n) is 3.45. The van der Waals surface area contributed by atoms with Crippen molar-refractivity contribution >= 4 is 40.6 Å². The summed E-state index contributed by atoms with van der Waals surface area (Å²) in [5.41, 5.74) is 2.90. The van der Waals surface area contributed by atoms with Crippen LogP contribution in [0.1, 0.15) is 23.6 Å². The summed E-state index contributed by atoms with van der Waals surface area (Å²) in [6.45, 7) is 3.01. The summed E-state index contributed by atoms with van der Waals surface area (Å²) in [5.74, 6) is 0.877. The van der Waals surface area contributed by atoms with Crippen molar-refractivity contribution in [1.29, 1.82) is 0 Å². The van der Waals surface area contributed by atoms with Gasteiger partial charge in [0, 0.05) is 0 Å². The van der Waals surface area contributed by atoms with Crippen molar-refractivity contribution in [2.24, 2.45) is 0 Å². The lowest BCUT2D eigenvalue weighted by Gasteiger charge is -2.15. The number of hydrogen-bond donors (Lipinski definition) is 1. The van der Waals surface area contributed by atoms with Gasteiger partial charge in [-0.25, -0.2) is 4.79 Å². The molecule has 168 valence electrons. The van der Waals surface area contributed by atoms with E-state index in [1.54, 1.807) is 6.08 Å². The van der Waals surface area contributed by atoms with Crippen molar-refractivity contribution in [3.8, 4) is 11.5 Å². The van der Waals surface area contributed by atoms with Crippen LogP contribution in [0.3, 0.4) is 0 Å². The number of nitrogens with one attached hydrogen (secondary N) is 1. The predicted octanol–water partition coefficient (Wildman–Crippen LogP) is 5.36. The molecule has 0 atom stereocenters. The smallest absolute Gasteiger partial charge is 0.329 e. The largest absolute Gasteiger partial charge is 0.490 e. The second kappa shape index (κ2) is 10.5. The van der Waals surface area contributed by atoms with Crippen LogP contribution in [0.4, 0.5) is 4.79 Å². The first-order chi connectivity index (χ1) is 16.0. The van der Waals surface area contributed by atoms with Crippen molar-refractivity contribution in [3.63, 3.8) is 0 Å². The molecule has 7 heteroatoms. The number of benzene rings is 3. The van der Waals surface area contributed by atoms with Gasteiger partial charge < -0.3 is 14.8 Å². The van der Waals surface area contributed by atoms with E-state index in [1.165, 1.54) is 4.90 Å². The summed E-state index contributed by atoms with van der Waals surface area (Å²) < 4.78 is 12.7. The van der Waals surface area contributed by atoms with E-state index >= 15 is 0 Å². The third-order valence-electron chi connectivity index (χ3n) is 5.01. The summed E-state index contributed by atoms with van der Waals surface area (Å²) in [6, 6.07) is 22.6. The summed E-state index contributed by atoms with van der Waals surface area (Å²) in [4.78, 5) is 26.5. The van der Waals surface area contributed by atoms with Gasteiger partial charge in [-0.05, 0) is 64.4 Å². The van der Waals surface area contributed by atoms with E-state index in [-0.39, 0.29) is 18.1 Å². The number of rotatable bonds is 8. The third-order valence-corrected chi connectivity index (χ3v) is 5.82. The normalized spacial score (nSPS) is 14.5. The van der Waals surface area contributed by atoms with Crippen LogP contribution in [0.15, 0.2) is 78.5 Å². The lowest BCUT2D eigenvalue weighted by atomic mass is 10.1. The Morgan fingerprint density at radius 3 is 2.27 bits per heavy atom. The number of amides is 3. The number of hydrogen-bond acceptors (Lipinski definition) is 4. The number of halogens is 1. The molecule has 1 heterocycles. The second-order valence-electron chi connectivity index (χ2n) is 7.40. The maximum absolute atomic E-state index is 12.9. The molecule has 1 aliphatic heterocycles. The summed E-state index contributed by atoms with van der Waals surface area (Å²) in [7, 11) is 0. The van der Waals surface area contributed by atoms with Gasteiger partial charge in [0.2, 0.25) is 0 Å². The highest BCUT2D eigenvalue weighted by molar-refractivity contribution is 14.1. The number of carbonyl (C=O) groups is 2. The van der Waals surface area contributed by atoms with Crippen molar-refractivity contribution < 1.29 is 19.1 Å². The highest BCUT2D eigenvalue weighted by atomic mass is 127. The summed E-state index contributed by atoms with van der Waals surface area (Å²) in [5, 5.41) is 2.68. The van der Waals surface area contributed by atoms with Crippen LogP contribution in [0.25, 0.3) is 6.08 Å². The molecule has 4 rings (SSSR count). The fourth-order valence-corrected chi connectivity index (χ4v) is 4.23. The maximum Gasteiger partial charge on any atom is 0.329 e. The molecule has 6 nitrogen and oxygen atoms in total. The molecular weight excluding hydrogens is 531 g/mol. The zero-order valence-corrected chi connectivity index (χ0v) is 20.2. The van der Waals surface area contributed by atoms with Gasteiger partial charge in [-0.1, -0.05) is 60.7 Å². The van der Waals surface area contributed by atoms with E-state index in [9.17, 15) is 9.59 Å². The minimum atomic E-state index is -0.433. The van der Waals surface area contributed by atoms with Crippen LogP contribution < -0.4 is 14.8 Å². The molecule has 0 aromatic heterocycles. The van der Waals surface area contributed by atoms with E-state index in [4.69, 9.17) is 9.47 Å². The molecule has 0 spiro atoms. The van der Waals surface area contributed by atoms with Crippen molar-refractivity contribution in [3.05, 3.63) is 98.8 Å². The van der Waals surface area contributed by atoms with Gasteiger partial charge in [0.25, 0.3) is 5.91 Å². The standard InChI is InChI=1S/C26H23IN2O4/c1-2-32-23-15-20(13-21(27)24(23)33-17-19-11-7-4-8-12-19)14-22-25(30)29(26(31)28-22)16-18-9-5-3-6-10-18/h3-15H,2,16-17H2,1H3,(H,28,31)/b22-14+. The Bertz CT molecular complexity index is 1180. The molecule has 3 aromatic rings. The van der Waals surface area contributed by atoms with Gasteiger partial charge in [-0.2, -0.15) is 0 Å². The SMILES string of the molecule is CCOc1cc(/C=C2/NC(=O)N(Cc3ccccc3)C2=O)cc(I)c1OCc1ccccc1. The van der Waals surface area contributed by atoms with Gasteiger partial charge in [-0.15, -0.1) is 0 Å². The first-order valence-corrected chi connectivity index (χ1v) is 11.6. The Kier molecular flexibility index (Phi) is 7.29. The van der Waals surface area contributed by atoms with Gasteiger partial charge >= 0.3 is 6.03 Å². The number of nitrogens with zero attached hydrogens (tertiary/aromatic N) is 1. The molecule has 1 saturated heterocycles. The third kappa shape index (κ3) is 5.54. The molecule has 33 heavy (non-hydrogen) atoms. The molecule has 1 aliphatic rings. The fraction of sp³-hybridized carbons (Fsp3) is 0.154.